The maximum atomic E-state index is 3.51. The molecule has 0 saturated heterocycles. The number of nitrogens with one attached hydrogen (secondary N) is 1. The van der Waals surface area contributed by atoms with Crippen LogP contribution in [0.2, 0.25) is 0 Å². The average Bonchev–Trinajstić information content (AvgIpc) is 2.40. The smallest absolute Gasteiger partial charge is 0.0175 e. The molecule has 0 saturated carbocycles. The van der Waals surface area contributed by atoms with Crippen LogP contribution < -0.4 is 5.32 Å². The van der Waals surface area contributed by atoms with Crippen molar-refractivity contribution in [2.45, 2.75) is 26.7 Å². The van der Waals surface area contributed by atoms with Gasteiger partial charge in [0.2, 0.25) is 0 Å². The average molecular weight is 313 g/mol. The number of halogens is 1. The maximum absolute atomic E-state index is 3.51. The van der Waals surface area contributed by atoms with Gasteiger partial charge in [-0.2, -0.15) is 0 Å². The summed E-state index contributed by atoms with van der Waals surface area (Å²) in [5, 5.41) is 3.51. The highest BCUT2D eigenvalue weighted by Gasteiger charge is 1.98. The van der Waals surface area contributed by atoms with E-state index in [9.17, 15) is 0 Å². The van der Waals surface area contributed by atoms with E-state index in [1.165, 1.54) is 18.5 Å². The fourth-order valence-corrected chi connectivity index (χ4v) is 2.24. The Morgan fingerprint density at radius 2 is 1.72 bits per heavy atom. The third-order valence-electron chi connectivity index (χ3n) is 3.23. The molecule has 0 amide bonds. The minimum atomic E-state index is 1.07. The fourth-order valence-electron chi connectivity index (χ4n) is 1.98. The quantitative estimate of drug-likeness (QED) is 0.704. The molecule has 3 heteroatoms. The van der Waals surface area contributed by atoms with Crippen LogP contribution >= 0.6 is 15.9 Å². The highest BCUT2D eigenvalue weighted by atomic mass is 79.9. The van der Waals surface area contributed by atoms with Crippen molar-refractivity contribution in [3.63, 3.8) is 0 Å². The minimum Gasteiger partial charge on any atom is -0.316 e. The molecule has 1 N–H and O–H groups in total. The Morgan fingerprint density at radius 3 is 2.33 bits per heavy atom. The molecule has 0 unspecified atom stereocenters. The summed E-state index contributed by atoms with van der Waals surface area (Å²) >= 11 is 3.45. The van der Waals surface area contributed by atoms with Crippen LogP contribution in [0.3, 0.4) is 0 Å². The van der Waals surface area contributed by atoms with E-state index in [1.54, 1.807) is 0 Å². The first-order valence-electron chi connectivity index (χ1n) is 6.93. The van der Waals surface area contributed by atoms with Gasteiger partial charge < -0.3 is 10.2 Å². The first kappa shape index (κ1) is 15.7. The van der Waals surface area contributed by atoms with E-state index >= 15 is 0 Å². The molecule has 0 fully saturated rings. The van der Waals surface area contributed by atoms with Crippen molar-refractivity contribution in [2.75, 3.05) is 32.7 Å². The van der Waals surface area contributed by atoms with Crippen LogP contribution in [0.25, 0.3) is 0 Å². The second-order valence-corrected chi connectivity index (χ2v) is 5.42. The van der Waals surface area contributed by atoms with Crippen LogP contribution in [0.4, 0.5) is 0 Å². The number of hydrogen-bond donors (Lipinski definition) is 1. The van der Waals surface area contributed by atoms with Gasteiger partial charge in [0, 0.05) is 4.47 Å². The van der Waals surface area contributed by atoms with Crippen molar-refractivity contribution < 1.29 is 0 Å². The van der Waals surface area contributed by atoms with Gasteiger partial charge in [-0.25, -0.2) is 0 Å². The number of nitrogens with zero attached hydrogens (tertiary/aromatic N) is 1. The van der Waals surface area contributed by atoms with Gasteiger partial charge in [0.1, 0.15) is 0 Å². The second-order valence-electron chi connectivity index (χ2n) is 4.51. The second kappa shape index (κ2) is 9.54. The highest BCUT2D eigenvalue weighted by molar-refractivity contribution is 9.10. The Morgan fingerprint density at radius 1 is 1.06 bits per heavy atom. The molecule has 0 aliphatic rings. The van der Waals surface area contributed by atoms with E-state index in [1.807, 2.05) is 0 Å². The topological polar surface area (TPSA) is 15.3 Å². The van der Waals surface area contributed by atoms with Gasteiger partial charge in [0.05, 0.1) is 0 Å². The molecule has 0 aliphatic heterocycles. The van der Waals surface area contributed by atoms with Gasteiger partial charge >= 0.3 is 0 Å². The van der Waals surface area contributed by atoms with Gasteiger partial charge in [-0.15, -0.1) is 0 Å². The number of benzene rings is 1. The monoisotopic (exact) mass is 312 g/mol. The van der Waals surface area contributed by atoms with Gasteiger partial charge in [0.25, 0.3) is 0 Å². The Kier molecular flexibility index (Phi) is 8.31. The molecule has 1 aromatic carbocycles. The van der Waals surface area contributed by atoms with E-state index in [-0.39, 0.29) is 0 Å². The Bertz CT molecular complexity index is 307. The molecule has 1 aromatic rings. The summed E-state index contributed by atoms with van der Waals surface area (Å²) in [6, 6.07) is 8.58. The van der Waals surface area contributed by atoms with Crippen molar-refractivity contribution in [2.24, 2.45) is 0 Å². The van der Waals surface area contributed by atoms with Crippen LogP contribution in [0.15, 0.2) is 28.7 Å². The lowest BCUT2D eigenvalue weighted by Gasteiger charge is -2.17. The summed E-state index contributed by atoms with van der Waals surface area (Å²) in [6.45, 7) is 10.2. The molecule has 0 atom stereocenters. The lowest BCUT2D eigenvalue weighted by Crippen LogP contribution is -2.27. The van der Waals surface area contributed by atoms with Crippen LogP contribution in [0.5, 0.6) is 0 Å². The summed E-state index contributed by atoms with van der Waals surface area (Å²) in [7, 11) is 0. The van der Waals surface area contributed by atoms with Crippen molar-refractivity contribution in [3.8, 4) is 0 Å². The molecule has 18 heavy (non-hydrogen) atoms. The van der Waals surface area contributed by atoms with Gasteiger partial charge in [-0.1, -0.05) is 41.9 Å². The van der Waals surface area contributed by atoms with E-state index in [0.29, 0.717) is 0 Å². The predicted molar refractivity (Wildman–Crippen MR) is 83.1 cm³/mol. The van der Waals surface area contributed by atoms with Crippen molar-refractivity contribution in [1.29, 1.82) is 0 Å². The standard InChI is InChI=1S/C15H25BrN2/c1-3-18(4-2)13-5-11-17-12-10-14-6-8-15(16)9-7-14/h6-9,17H,3-5,10-13H2,1-2H3. The van der Waals surface area contributed by atoms with Crippen LogP contribution in [-0.4, -0.2) is 37.6 Å². The highest BCUT2D eigenvalue weighted by Crippen LogP contribution is 2.10. The molecule has 102 valence electrons. The molecule has 0 bridgehead atoms. The first-order chi connectivity index (χ1) is 8.76. The van der Waals surface area contributed by atoms with E-state index in [0.717, 1.165) is 37.1 Å². The van der Waals surface area contributed by atoms with Gasteiger partial charge in [-0.3, -0.25) is 0 Å². The number of rotatable bonds is 9. The maximum Gasteiger partial charge on any atom is 0.0175 e. The summed E-state index contributed by atoms with van der Waals surface area (Å²) in [4.78, 5) is 2.47. The SMILES string of the molecule is CCN(CC)CCCNCCc1ccc(Br)cc1. The third-order valence-corrected chi connectivity index (χ3v) is 3.75. The first-order valence-corrected chi connectivity index (χ1v) is 7.73. The third kappa shape index (κ3) is 6.53. The van der Waals surface area contributed by atoms with Crippen LogP contribution in [0.1, 0.15) is 25.8 Å². The van der Waals surface area contributed by atoms with E-state index in [4.69, 9.17) is 0 Å². The Hall–Kier alpha value is -0.380. The molecular weight excluding hydrogens is 288 g/mol. The zero-order valence-corrected chi connectivity index (χ0v) is 13.2. The molecule has 0 aromatic heterocycles. The van der Waals surface area contributed by atoms with Crippen molar-refractivity contribution in [1.82, 2.24) is 10.2 Å². The van der Waals surface area contributed by atoms with Crippen molar-refractivity contribution >= 4 is 15.9 Å². The van der Waals surface area contributed by atoms with E-state index in [2.05, 4.69) is 64.3 Å². The lowest BCUT2D eigenvalue weighted by molar-refractivity contribution is 0.298. The molecule has 0 radical (unpaired) electrons. The summed E-state index contributed by atoms with van der Waals surface area (Å²) in [6.07, 6.45) is 2.35. The van der Waals surface area contributed by atoms with Crippen LogP contribution in [-0.2, 0) is 6.42 Å². The largest absolute Gasteiger partial charge is 0.316 e. The Labute approximate surface area is 120 Å². The van der Waals surface area contributed by atoms with Crippen molar-refractivity contribution in [3.05, 3.63) is 34.3 Å². The summed E-state index contributed by atoms with van der Waals surface area (Å²) in [5.41, 5.74) is 1.40. The minimum absolute atomic E-state index is 1.07. The molecule has 2 nitrogen and oxygen atoms in total. The molecule has 0 aliphatic carbocycles. The van der Waals surface area contributed by atoms with E-state index < -0.39 is 0 Å². The molecule has 0 spiro atoms. The predicted octanol–water partition coefficient (Wildman–Crippen LogP) is 3.31. The lowest BCUT2D eigenvalue weighted by atomic mass is 10.1. The summed E-state index contributed by atoms with van der Waals surface area (Å²) in [5.74, 6) is 0. The molecular formula is C15H25BrN2. The zero-order valence-electron chi connectivity index (χ0n) is 11.6. The summed E-state index contributed by atoms with van der Waals surface area (Å²) < 4.78 is 1.15. The number of hydrogen-bond acceptors (Lipinski definition) is 2. The Balaban J connectivity index is 2.03. The zero-order chi connectivity index (χ0) is 13.2. The van der Waals surface area contributed by atoms with Gasteiger partial charge in [-0.05, 0) is 63.3 Å². The normalized spacial score (nSPS) is 11.1. The molecule has 0 heterocycles. The van der Waals surface area contributed by atoms with Crippen LogP contribution in [0, 0.1) is 0 Å². The fraction of sp³-hybridized carbons (Fsp3) is 0.600. The van der Waals surface area contributed by atoms with Gasteiger partial charge in [0.15, 0.2) is 0 Å². The molecule has 1 rings (SSSR count).